The fraction of sp³-hybridized carbons (Fsp3) is 0.615. The topological polar surface area (TPSA) is 48.0 Å². The number of aromatic nitrogens is 1. The summed E-state index contributed by atoms with van der Waals surface area (Å²) in [4.78, 5) is 4.11. The molecule has 102 valence electrons. The van der Waals surface area contributed by atoms with Crippen molar-refractivity contribution in [1.29, 1.82) is 0 Å². The maximum Gasteiger partial charge on any atom is 0.136 e. The minimum atomic E-state index is -1.09. The van der Waals surface area contributed by atoms with Gasteiger partial charge in [-0.2, -0.15) is 0 Å². The molecule has 1 aromatic rings. The van der Waals surface area contributed by atoms with Crippen molar-refractivity contribution >= 4 is 23.0 Å². The minimum Gasteiger partial charge on any atom is -0.598 e. The Labute approximate surface area is 118 Å². The molecule has 2 atom stereocenters. The number of nitrogens with one attached hydrogen (secondary N) is 1. The Hall–Kier alpha value is -0.290. The summed E-state index contributed by atoms with van der Waals surface area (Å²) in [5, 5.41) is 0. The van der Waals surface area contributed by atoms with Crippen LogP contribution in [0.15, 0.2) is 24.5 Å². The molecule has 1 aromatic heterocycles. The van der Waals surface area contributed by atoms with Gasteiger partial charge in [0.2, 0.25) is 0 Å². The van der Waals surface area contributed by atoms with E-state index in [0.717, 1.165) is 18.4 Å². The zero-order valence-corrected chi connectivity index (χ0v) is 12.7. The van der Waals surface area contributed by atoms with E-state index in [9.17, 15) is 4.55 Å². The number of alkyl halides is 1. The predicted octanol–water partition coefficient (Wildman–Crippen LogP) is 3.19. The molecule has 0 radical (unpaired) electrons. The predicted molar refractivity (Wildman–Crippen MR) is 78.0 cm³/mol. The van der Waals surface area contributed by atoms with Crippen LogP contribution in [0.3, 0.4) is 0 Å². The van der Waals surface area contributed by atoms with Gasteiger partial charge in [0.25, 0.3) is 0 Å². The molecule has 0 aliphatic heterocycles. The van der Waals surface area contributed by atoms with Gasteiger partial charge < -0.3 is 4.55 Å². The van der Waals surface area contributed by atoms with Gasteiger partial charge in [0.05, 0.1) is 6.04 Å². The van der Waals surface area contributed by atoms with Gasteiger partial charge in [-0.25, -0.2) is 0 Å². The van der Waals surface area contributed by atoms with Gasteiger partial charge in [0.15, 0.2) is 0 Å². The van der Waals surface area contributed by atoms with Crippen molar-refractivity contribution in [3.63, 3.8) is 0 Å². The van der Waals surface area contributed by atoms with E-state index < -0.39 is 11.4 Å². The molecule has 18 heavy (non-hydrogen) atoms. The highest BCUT2D eigenvalue weighted by molar-refractivity contribution is 7.90. The fourth-order valence-electron chi connectivity index (χ4n) is 1.46. The number of rotatable bonds is 6. The summed E-state index contributed by atoms with van der Waals surface area (Å²) in [5.74, 6) is 0.612. The minimum absolute atomic E-state index is 0.0394. The Morgan fingerprint density at radius 2 is 2.22 bits per heavy atom. The summed E-state index contributed by atoms with van der Waals surface area (Å²) in [6.07, 6.45) is 5.29. The first kappa shape index (κ1) is 15.8. The van der Waals surface area contributed by atoms with Crippen LogP contribution in [0.1, 0.15) is 45.2 Å². The summed E-state index contributed by atoms with van der Waals surface area (Å²) >= 11 is 4.65. The Morgan fingerprint density at radius 3 is 2.72 bits per heavy atom. The second-order valence-corrected chi connectivity index (χ2v) is 7.54. The van der Waals surface area contributed by atoms with Crippen LogP contribution in [0, 0.1) is 0 Å². The number of hydrogen-bond donors (Lipinski definition) is 1. The van der Waals surface area contributed by atoms with Gasteiger partial charge in [0, 0.05) is 29.6 Å². The van der Waals surface area contributed by atoms with Crippen LogP contribution in [0.2, 0.25) is 0 Å². The van der Waals surface area contributed by atoms with Gasteiger partial charge in [-0.15, -0.1) is 16.3 Å². The maximum atomic E-state index is 12.2. The fourth-order valence-corrected chi connectivity index (χ4v) is 2.48. The van der Waals surface area contributed by atoms with E-state index in [2.05, 4.69) is 9.71 Å². The molecule has 0 aliphatic rings. The van der Waals surface area contributed by atoms with Gasteiger partial charge >= 0.3 is 0 Å². The highest BCUT2D eigenvalue weighted by Crippen LogP contribution is 2.23. The zero-order valence-electron chi connectivity index (χ0n) is 11.1. The first-order valence-corrected chi connectivity index (χ1v) is 7.77. The Balaban J connectivity index is 2.73. The van der Waals surface area contributed by atoms with E-state index in [0.29, 0.717) is 5.88 Å². The molecule has 1 heterocycles. The molecule has 1 rings (SSSR count). The van der Waals surface area contributed by atoms with Crippen molar-refractivity contribution in [2.75, 3.05) is 5.88 Å². The van der Waals surface area contributed by atoms with Gasteiger partial charge in [-0.1, -0.05) is 6.07 Å². The highest BCUT2D eigenvalue weighted by Gasteiger charge is 2.29. The quantitative estimate of drug-likeness (QED) is 0.646. The van der Waals surface area contributed by atoms with E-state index >= 15 is 0 Å². The maximum absolute atomic E-state index is 12.2. The highest BCUT2D eigenvalue weighted by atomic mass is 35.5. The Kier molecular flexibility index (Phi) is 6.43. The van der Waals surface area contributed by atoms with Crippen LogP contribution < -0.4 is 4.72 Å². The second-order valence-electron chi connectivity index (χ2n) is 5.17. The van der Waals surface area contributed by atoms with Crippen LogP contribution in [0.5, 0.6) is 0 Å². The van der Waals surface area contributed by atoms with Crippen LogP contribution >= 0.6 is 11.6 Å². The normalized spacial score (nSPS) is 15.4. The van der Waals surface area contributed by atoms with E-state index in [4.69, 9.17) is 11.6 Å². The SMILES string of the molecule is CC(C)(C)[S@+]([O-])NC(CCCCl)c1cccnc1. The van der Waals surface area contributed by atoms with Crippen molar-refractivity contribution in [2.24, 2.45) is 0 Å². The van der Waals surface area contributed by atoms with Crippen LogP contribution in [0.4, 0.5) is 0 Å². The molecule has 1 unspecified atom stereocenters. The Morgan fingerprint density at radius 1 is 1.50 bits per heavy atom. The van der Waals surface area contributed by atoms with Crippen LogP contribution in [-0.4, -0.2) is 20.2 Å². The van der Waals surface area contributed by atoms with Crippen molar-refractivity contribution < 1.29 is 4.55 Å². The third-order valence-electron chi connectivity index (χ3n) is 2.52. The smallest absolute Gasteiger partial charge is 0.136 e. The summed E-state index contributed by atoms with van der Waals surface area (Å²) in [6, 6.07) is 3.93. The summed E-state index contributed by atoms with van der Waals surface area (Å²) in [7, 11) is 0. The summed E-state index contributed by atoms with van der Waals surface area (Å²) in [6.45, 7) is 5.87. The van der Waals surface area contributed by atoms with Crippen molar-refractivity contribution in [1.82, 2.24) is 9.71 Å². The average Bonchev–Trinajstić information content (AvgIpc) is 2.34. The zero-order chi connectivity index (χ0) is 13.6. The van der Waals surface area contributed by atoms with Gasteiger partial charge in [-0.3, -0.25) is 4.98 Å². The molecular formula is C13H21ClN2OS. The lowest BCUT2D eigenvalue weighted by molar-refractivity contribution is 0.509. The van der Waals surface area contributed by atoms with E-state index in [-0.39, 0.29) is 10.8 Å². The number of nitrogens with zero attached hydrogens (tertiary/aromatic N) is 1. The van der Waals surface area contributed by atoms with Crippen molar-refractivity contribution in [3.05, 3.63) is 30.1 Å². The molecule has 0 saturated heterocycles. The van der Waals surface area contributed by atoms with E-state index in [1.54, 1.807) is 6.20 Å². The van der Waals surface area contributed by atoms with E-state index in [1.165, 1.54) is 0 Å². The van der Waals surface area contributed by atoms with Crippen molar-refractivity contribution in [3.8, 4) is 0 Å². The lowest BCUT2D eigenvalue weighted by Crippen LogP contribution is -2.41. The molecule has 0 fully saturated rings. The molecule has 0 amide bonds. The monoisotopic (exact) mass is 288 g/mol. The van der Waals surface area contributed by atoms with Gasteiger partial charge in [0.1, 0.15) is 4.75 Å². The first-order valence-electron chi connectivity index (χ1n) is 6.09. The largest absolute Gasteiger partial charge is 0.598 e. The van der Waals surface area contributed by atoms with Crippen LogP contribution in [-0.2, 0) is 11.4 Å². The molecule has 0 spiro atoms. The number of halogens is 1. The third-order valence-corrected chi connectivity index (χ3v) is 4.40. The summed E-state index contributed by atoms with van der Waals surface area (Å²) < 4.78 is 15.1. The molecule has 0 bridgehead atoms. The first-order chi connectivity index (χ1) is 8.45. The van der Waals surface area contributed by atoms with E-state index in [1.807, 2.05) is 39.1 Å². The number of pyridine rings is 1. The molecule has 1 N–H and O–H groups in total. The molecule has 5 heteroatoms. The lowest BCUT2D eigenvalue weighted by atomic mass is 10.1. The molecule has 0 saturated carbocycles. The third kappa shape index (κ3) is 5.14. The molecule has 0 aromatic carbocycles. The van der Waals surface area contributed by atoms with Crippen molar-refractivity contribution in [2.45, 2.75) is 44.4 Å². The Bertz CT molecular complexity index is 343. The van der Waals surface area contributed by atoms with Gasteiger partial charge in [-0.05, 0) is 45.2 Å². The molecule has 3 nitrogen and oxygen atoms in total. The average molecular weight is 289 g/mol. The number of hydrogen-bond acceptors (Lipinski definition) is 3. The second kappa shape index (κ2) is 7.34. The summed E-state index contributed by atoms with van der Waals surface area (Å²) in [5.41, 5.74) is 1.06. The lowest BCUT2D eigenvalue weighted by Gasteiger charge is -2.28. The van der Waals surface area contributed by atoms with Crippen LogP contribution in [0.25, 0.3) is 0 Å². The molecular weight excluding hydrogens is 268 g/mol. The molecule has 0 aliphatic carbocycles. The standard InChI is InChI=1S/C13H21ClN2OS/c1-13(2,3)18(17)16-12(7-4-8-14)11-6-5-9-15-10-11/h5-6,9-10,12,16H,4,7-8H2,1-3H3/t12?,18-/m0/s1.